The van der Waals surface area contributed by atoms with Crippen molar-refractivity contribution in [2.45, 2.75) is 26.8 Å². The maximum Gasteiger partial charge on any atom is 0.179 e. The van der Waals surface area contributed by atoms with E-state index in [-0.39, 0.29) is 17.0 Å². The van der Waals surface area contributed by atoms with E-state index in [1.165, 1.54) is 12.1 Å². The number of carbonyl (C=O) groups is 1. The highest BCUT2D eigenvalue weighted by Crippen LogP contribution is 2.31. The summed E-state index contributed by atoms with van der Waals surface area (Å²) in [5.74, 6) is 5.93. The molecule has 0 bridgehead atoms. The number of fused-ring (bicyclic) bond motifs is 1. The highest BCUT2D eigenvalue weighted by molar-refractivity contribution is 5.96. The normalized spacial score (nSPS) is 16.0. The van der Waals surface area contributed by atoms with Crippen LogP contribution in [0.2, 0.25) is 0 Å². The predicted molar refractivity (Wildman–Crippen MR) is 79.5 cm³/mol. The number of ketones is 1. The maximum atomic E-state index is 12.8. The molecule has 0 atom stereocenters. The number of halogens is 1. The summed E-state index contributed by atoms with van der Waals surface area (Å²) in [6.45, 7) is 5.02. The Morgan fingerprint density at radius 2 is 1.81 bits per heavy atom. The van der Waals surface area contributed by atoms with Crippen LogP contribution in [0.5, 0.6) is 0 Å². The fraction of sp³-hybridized carbons (Fsp3) is 0.278. The molecular weight excluding hydrogens is 265 g/mol. The monoisotopic (exact) mass is 281 g/mol. The zero-order valence-corrected chi connectivity index (χ0v) is 12.1. The van der Waals surface area contributed by atoms with E-state index in [2.05, 4.69) is 25.7 Å². The molecule has 1 aromatic heterocycles. The third kappa shape index (κ3) is 2.90. The second kappa shape index (κ2) is 4.89. The van der Waals surface area contributed by atoms with Crippen molar-refractivity contribution in [3.05, 3.63) is 59.2 Å². The zero-order valence-electron chi connectivity index (χ0n) is 12.1. The first-order chi connectivity index (χ1) is 9.93. The summed E-state index contributed by atoms with van der Waals surface area (Å²) >= 11 is 0. The molecule has 21 heavy (non-hydrogen) atoms. The Bertz CT molecular complexity index is 757. The van der Waals surface area contributed by atoms with Crippen molar-refractivity contribution in [2.24, 2.45) is 5.41 Å². The molecule has 2 aromatic rings. The van der Waals surface area contributed by atoms with Gasteiger partial charge in [0.1, 0.15) is 5.82 Å². The van der Waals surface area contributed by atoms with Gasteiger partial charge in [0.2, 0.25) is 0 Å². The van der Waals surface area contributed by atoms with Crippen LogP contribution in [0.15, 0.2) is 36.5 Å². The Morgan fingerprint density at radius 1 is 1.14 bits per heavy atom. The molecule has 1 aliphatic heterocycles. The number of hydrogen-bond acceptors (Lipinski definition) is 1. The van der Waals surface area contributed by atoms with Crippen molar-refractivity contribution in [2.75, 3.05) is 0 Å². The number of hydrogen-bond donors (Lipinski definition) is 0. The molecule has 3 heteroatoms. The highest BCUT2D eigenvalue weighted by Gasteiger charge is 2.30. The van der Waals surface area contributed by atoms with Crippen LogP contribution in [0.3, 0.4) is 0 Å². The van der Waals surface area contributed by atoms with Crippen LogP contribution >= 0.6 is 0 Å². The van der Waals surface area contributed by atoms with Gasteiger partial charge in [0, 0.05) is 30.3 Å². The van der Waals surface area contributed by atoms with Gasteiger partial charge in [0.05, 0.1) is 5.69 Å². The minimum absolute atomic E-state index is 0.00917. The van der Waals surface area contributed by atoms with E-state index in [1.54, 1.807) is 12.1 Å². The van der Waals surface area contributed by atoms with Gasteiger partial charge in [-0.25, -0.2) is 4.39 Å². The first-order valence-corrected chi connectivity index (χ1v) is 6.94. The smallest absolute Gasteiger partial charge is 0.179 e. The van der Waals surface area contributed by atoms with E-state index in [0.717, 1.165) is 23.4 Å². The van der Waals surface area contributed by atoms with Crippen molar-refractivity contribution in [3.8, 4) is 11.8 Å². The fourth-order valence-corrected chi connectivity index (χ4v) is 2.66. The molecule has 0 amide bonds. The van der Waals surface area contributed by atoms with E-state index >= 15 is 0 Å². The van der Waals surface area contributed by atoms with Gasteiger partial charge in [-0.15, -0.1) is 0 Å². The zero-order chi connectivity index (χ0) is 15.0. The summed E-state index contributed by atoms with van der Waals surface area (Å²) in [7, 11) is 0. The number of Topliss-reactive ketones (excluding diaryl/α,β-unsaturated/α-hetero) is 1. The lowest BCUT2D eigenvalue weighted by Gasteiger charge is -2.30. The van der Waals surface area contributed by atoms with Gasteiger partial charge < -0.3 is 4.57 Å². The van der Waals surface area contributed by atoms with Crippen LogP contribution in [0, 0.1) is 23.1 Å². The summed E-state index contributed by atoms with van der Waals surface area (Å²) in [5, 5.41) is 0. The Labute approximate surface area is 123 Å². The minimum atomic E-state index is -0.271. The third-order valence-electron chi connectivity index (χ3n) is 3.62. The minimum Gasteiger partial charge on any atom is -0.343 e. The van der Waals surface area contributed by atoms with Gasteiger partial charge in [-0.05, 0) is 35.7 Å². The predicted octanol–water partition coefficient (Wildman–Crippen LogP) is 3.64. The van der Waals surface area contributed by atoms with Gasteiger partial charge in [-0.3, -0.25) is 4.79 Å². The molecule has 0 fully saturated rings. The van der Waals surface area contributed by atoms with Crippen molar-refractivity contribution in [1.82, 2.24) is 4.57 Å². The second-order valence-electron chi connectivity index (χ2n) is 6.26. The van der Waals surface area contributed by atoms with Crippen LogP contribution in [0.4, 0.5) is 4.39 Å². The summed E-state index contributed by atoms with van der Waals surface area (Å²) in [6, 6.07) is 7.91. The molecule has 0 saturated heterocycles. The molecule has 0 N–H and O–H groups in total. The van der Waals surface area contributed by atoms with Crippen LogP contribution in [-0.4, -0.2) is 10.4 Å². The van der Waals surface area contributed by atoms with E-state index in [9.17, 15) is 9.18 Å². The molecule has 106 valence electrons. The standard InChI is InChI=1S/C18H16FNO/c1-18(2)10-17(21)16-9-14(11-20(16)12-18)4-3-13-5-7-15(19)8-6-13/h5-9,11H,10,12H2,1-2H3. The number of rotatable bonds is 0. The van der Waals surface area contributed by atoms with Crippen LogP contribution < -0.4 is 0 Å². The molecule has 0 spiro atoms. The molecule has 1 aliphatic rings. The molecule has 2 heterocycles. The van der Waals surface area contributed by atoms with Crippen LogP contribution in [-0.2, 0) is 6.54 Å². The lowest BCUT2D eigenvalue weighted by Crippen LogP contribution is -2.30. The molecule has 3 rings (SSSR count). The number of benzene rings is 1. The third-order valence-corrected chi connectivity index (χ3v) is 3.62. The Hall–Kier alpha value is -2.34. The van der Waals surface area contributed by atoms with Gasteiger partial charge in [0.15, 0.2) is 5.78 Å². The Balaban J connectivity index is 1.89. The molecule has 0 saturated carbocycles. The number of nitrogens with zero attached hydrogens (tertiary/aromatic N) is 1. The second-order valence-corrected chi connectivity index (χ2v) is 6.26. The maximum absolute atomic E-state index is 12.8. The first-order valence-electron chi connectivity index (χ1n) is 6.94. The average molecular weight is 281 g/mol. The Kier molecular flexibility index (Phi) is 3.17. The number of aromatic nitrogens is 1. The van der Waals surface area contributed by atoms with Crippen LogP contribution in [0.1, 0.15) is 41.9 Å². The van der Waals surface area contributed by atoms with Crippen LogP contribution in [0.25, 0.3) is 0 Å². The average Bonchev–Trinajstić information content (AvgIpc) is 2.80. The van der Waals surface area contributed by atoms with E-state index in [4.69, 9.17) is 0 Å². The van der Waals surface area contributed by atoms with E-state index in [0.29, 0.717) is 6.42 Å². The SMILES string of the molecule is CC1(C)CC(=O)c2cc(C#Cc3ccc(F)cc3)cn2C1. The van der Waals surface area contributed by atoms with Gasteiger partial charge in [0.25, 0.3) is 0 Å². The summed E-state index contributed by atoms with van der Waals surface area (Å²) < 4.78 is 14.8. The Morgan fingerprint density at radius 3 is 2.52 bits per heavy atom. The summed E-state index contributed by atoms with van der Waals surface area (Å²) in [6.07, 6.45) is 2.49. The van der Waals surface area contributed by atoms with E-state index < -0.39 is 0 Å². The van der Waals surface area contributed by atoms with Crippen molar-refractivity contribution < 1.29 is 9.18 Å². The van der Waals surface area contributed by atoms with Gasteiger partial charge in [-0.2, -0.15) is 0 Å². The first kappa shape index (κ1) is 13.6. The fourth-order valence-electron chi connectivity index (χ4n) is 2.66. The summed E-state index contributed by atoms with van der Waals surface area (Å²) in [5.41, 5.74) is 2.30. The lowest BCUT2D eigenvalue weighted by molar-refractivity contribution is 0.0870. The number of carbonyl (C=O) groups excluding carboxylic acids is 1. The van der Waals surface area contributed by atoms with Crippen molar-refractivity contribution in [1.29, 1.82) is 0 Å². The van der Waals surface area contributed by atoms with E-state index in [1.807, 2.05) is 16.8 Å². The topological polar surface area (TPSA) is 22.0 Å². The largest absolute Gasteiger partial charge is 0.343 e. The molecule has 1 aromatic carbocycles. The van der Waals surface area contributed by atoms with Crippen molar-refractivity contribution >= 4 is 5.78 Å². The molecule has 0 aliphatic carbocycles. The molecule has 0 unspecified atom stereocenters. The van der Waals surface area contributed by atoms with Gasteiger partial charge in [-0.1, -0.05) is 25.7 Å². The summed E-state index contributed by atoms with van der Waals surface area (Å²) in [4.78, 5) is 12.1. The highest BCUT2D eigenvalue weighted by atomic mass is 19.1. The van der Waals surface area contributed by atoms with Gasteiger partial charge >= 0.3 is 0 Å². The molecule has 0 radical (unpaired) electrons. The molecular formula is C18H16FNO. The molecule has 2 nitrogen and oxygen atoms in total. The van der Waals surface area contributed by atoms with Crippen molar-refractivity contribution in [3.63, 3.8) is 0 Å². The quantitative estimate of drug-likeness (QED) is 0.676. The lowest BCUT2D eigenvalue weighted by atomic mass is 9.84.